The Hall–Kier alpha value is -0.980. The molecule has 0 saturated heterocycles. The molecule has 0 saturated carbocycles. The summed E-state index contributed by atoms with van der Waals surface area (Å²) < 4.78 is 32.3. The summed E-state index contributed by atoms with van der Waals surface area (Å²) in [6, 6.07) is 0. The summed E-state index contributed by atoms with van der Waals surface area (Å²) in [6.07, 6.45) is -7.51. The Morgan fingerprint density at radius 3 is 2.00 bits per heavy atom. The molecule has 0 heterocycles. The molecule has 0 aliphatic rings. The maximum atomic E-state index is 10.8. The lowest BCUT2D eigenvalue weighted by molar-refractivity contribution is -0.484. The third kappa shape index (κ3) is 7.02. The minimum Gasteiger partial charge on any atom is -0.424 e. The van der Waals surface area contributed by atoms with E-state index in [9.17, 15) is 13.2 Å². The number of carbonyl (C=O) groups excluding carboxylic acids is 1. The summed E-state index contributed by atoms with van der Waals surface area (Å²) in [7, 11) is 0. The molecule has 0 atom stereocenters. The first kappa shape index (κ1) is 8.02. The fourth-order valence-corrected chi connectivity index (χ4v) is 0.0813. The fraction of sp³-hybridized carbons (Fsp3) is 0.500. The van der Waals surface area contributed by atoms with Crippen LogP contribution < -0.4 is 5.11 Å². The minimum absolute atomic E-state index is 2.33. The zero-order valence-electron chi connectivity index (χ0n) is 3.77. The van der Waals surface area contributed by atoms with E-state index in [2.05, 4.69) is 9.78 Å². The Morgan fingerprint density at radius 1 is 1.44 bits per heavy atom. The summed E-state index contributed by atoms with van der Waals surface area (Å²) in [5, 5.41) is 9.09. The molecule has 0 aromatic rings. The molecule has 0 fully saturated rings. The molecule has 0 aliphatic carbocycles. The van der Waals surface area contributed by atoms with E-state index in [0.717, 1.165) is 0 Å². The van der Waals surface area contributed by atoms with Gasteiger partial charge in [0.2, 0.25) is 0 Å². The first-order valence-corrected chi connectivity index (χ1v) is 1.55. The number of carboxylic acid groups (broad SMARTS) is 1. The van der Waals surface area contributed by atoms with Crippen molar-refractivity contribution in [1.29, 1.82) is 0 Å². The Kier molecular flexibility index (Phi) is 2.26. The monoisotopic (exact) mass is 145 g/mol. The first-order chi connectivity index (χ1) is 3.92. The van der Waals surface area contributed by atoms with Crippen molar-refractivity contribution in [1.82, 2.24) is 0 Å². The molecule has 0 aliphatic heterocycles. The number of alkyl halides is 3. The van der Waals surface area contributed by atoms with E-state index in [1.807, 2.05) is 0 Å². The smallest absolute Gasteiger partial charge is 0.424 e. The van der Waals surface area contributed by atoms with Gasteiger partial charge in [0.15, 0.2) is 0 Å². The Morgan fingerprint density at radius 2 is 1.89 bits per heavy atom. The van der Waals surface area contributed by atoms with Crippen LogP contribution in [0.4, 0.5) is 18.0 Å². The van der Waals surface area contributed by atoms with Gasteiger partial charge in [-0.3, -0.25) is 0 Å². The summed E-state index contributed by atoms with van der Waals surface area (Å²) in [6.45, 7) is 0. The molecule has 0 N–H and O–H groups in total. The van der Waals surface area contributed by atoms with Gasteiger partial charge in [-0.1, -0.05) is 0 Å². The number of carbonyl (C=O) groups is 1. The topological polar surface area (TPSA) is 58.6 Å². The molecule has 0 bridgehead atoms. The summed E-state index contributed by atoms with van der Waals surface area (Å²) in [5.74, 6) is 0. The lowest BCUT2D eigenvalue weighted by atomic mass is 11.4. The van der Waals surface area contributed by atoms with Gasteiger partial charge in [-0.15, -0.1) is 13.2 Å². The lowest BCUT2D eigenvalue weighted by Gasteiger charge is -2.08. The highest BCUT2D eigenvalue weighted by molar-refractivity contribution is 5.52. The molecular formula is C2F3O4-. The predicted molar refractivity (Wildman–Crippen MR) is 13.6 cm³/mol. The zero-order chi connectivity index (χ0) is 7.49. The number of halogens is 3. The zero-order valence-corrected chi connectivity index (χ0v) is 3.77. The van der Waals surface area contributed by atoms with Gasteiger partial charge in [0.05, 0.1) is 0 Å². The molecule has 0 radical (unpaired) electrons. The second-order valence-corrected chi connectivity index (χ2v) is 0.862. The maximum Gasteiger partial charge on any atom is 0.545 e. The van der Waals surface area contributed by atoms with Crippen molar-refractivity contribution < 1.29 is 32.8 Å². The molecule has 0 spiro atoms. The Balaban J connectivity index is 3.39. The van der Waals surface area contributed by atoms with Crippen LogP contribution in [0.25, 0.3) is 0 Å². The average molecular weight is 145 g/mol. The van der Waals surface area contributed by atoms with Gasteiger partial charge < -0.3 is 14.8 Å². The van der Waals surface area contributed by atoms with Crippen molar-refractivity contribution in [3.05, 3.63) is 0 Å². The van der Waals surface area contributed by atoms with Gasteiger partial charge in [0, 0.05) is 0 Å². The fourth-order valence-electron chi connectivity index (χ4n) is 0.0813. The van der Waals surface area contributed by atoms with E-state index in [1.54, 1.807) is 0 Å². The third-order valence-electron chi connectivity index (χ3n) is 0.204. The second-order valence-electron chi connectivity index (χ2n) is 0.862. The van der Waals surface area contributed by atoms with E-state index in [-0.39, 0.29) is 0 Å². The van der Waals surface area contributed by atoms with Crippen LogP contribution in [0.15, 0.2) is 0 Å². The van der Waals surface area contributed by atoms with E-state index in [4.69, 9.17) is 9.90 Å². The van der Waals surface area contributed by atoms with Crippen LogP contribution in [-0.2, 0) is 9.78 Å². The Labute approximate surface area is 46.7 Å². The first-order valence-electron chi connectivity index (χ1n) is 1.55. The van der Waals surface area contributed by atoms with Gasteiger partial charge in [0.1, 0.15) is 0 Å². The van der Waals surface area contributed by atoms with Gasteiger partial charge in [-0.25, -0.2) is 0 Å². The maximum absolute atomic E-state index is 10.8. The van der Waals surface area contributed by atoms with E-state index in [1.165, 1.54) is 0 Å². The highest BCUT2D eigenvalue weighted by Gasteiger charge is 2.29. The molecule has 0 aromatic carbocycles. The van der Waals surface area contributed by atoms with Crippen molar-refractivity contribution in [3.63, 3.8) is 0 Å². The van der Waals surface area contributed by atoms with Crippen LogP contribution in [0.2, 0.25) is 0 Å². The normalized spacial score (nSPS) is 11.0. The van der Waals surface area contributed by atoms with Gasteiger partial charge in [0.25, 0.3) is 6.16 Å². The average Bonchev–Trinajstić information content (AvgIpc) is 1.59. The molecular weight excluding hydrogens is 145 g/mol. The van der Waals surface area contributed by atoms with E-state index >= 15 is 0 Å². The van der Waals surface area contributed by atoms with Crippen molar-refractivity contribution in [2.75, 3.05) is 0 Å². The van der Waals surface area contributed by atoms with Crippen LogP contribution in [0.1, 0.15) is 0 Å². The molecule has 0 unspecified atom stereocenters. The number of hydrogen-bond acceptors (Lipinski definition) is 4. The SMILES string of the molecule is O=C([O-])OOC(F)(F)F. The molecule has 7 heteroatoms. The van der Waals surface area contributed by atoms with Crippen LogP contribution >= 0.6 is 0 Å². The summed E-state index contributed by atoms with van der Waals surface area (Å²) in [4.78, 5) is 14.0. The molecule has 0 aromatic heterocycles. The highest BCUT2D eigenvalue weighted by atomic mass is 19.4. The quantitative estimate of drug-likeness (QED) is 0.378. The van der Waals surface area contributed by atoms with Crippen molar-refractivity contribution >= 4 is 6.16 Å². The number of hydrogen-bond donors (Lipinski definition) is 0. The van der Waals surface area contributed by atoms with Gasteiger partial charge >= 0.3 is 6.36 Å². The highest BCUT2D eigenvalue weighted by Crippen LogP contribution is 2.15. The lowest BCUT2D eigenvalue weighted by Crippen LogP contribution is -2.27. The standard InChI is InChI=1S/C2HF3O4/c3-2(4,5)9-8-1(6)7/h(H,6,7)/p-1. The molecule has 0 amide bonds. The summed E-state index contributed by atoms with van der Waals surface area (Å²) >= 11 is 0. The van der Waals surface area contributed by atoms with Crippen LogP contribution in [0.3, 0.4) is 0 Å². The molecule has 9 heavy (non-hydrogen) atoms. The molecule has 0 rings (SSSR count). The van der Waals surface area contributed by atoms with Crippen LogP contribution in [0, 0.1) is 0 Å². The van der Waals surface area contributed by atoms with Gasteiger partial charge in [-0.05, 0) is 0 Å². The largest absolute Gasteiger partial charge is 0.545 e. The second kappa shape index (κ2) is 2.53. The minimum atomic E-state index is -5.11. The predicted octanol–water partition coefficient (Wildman–Crippen LogP) is -0.202. The van der Waals surface area contributed by atoms with E-state index in [0.29, 0.717) is 0 Å². The van der Waals surface area contributed by atoms with E-state index < -0.39 is 12.5 Å². The van der Waals surface area contributed by atoms with Crippen LogP contribution in [0.5, 0.6) is 0 Å². The number of rotatable bonds is 1. The van der Waals surface area contributed by atoms with Crippen molar-refractivity contribution in [2.45, 2.75) is 6.36 Å². The Bertz CT molecular complexity index is 107. The molecule has 4 nitrogen and oxygen atoms in total. The molecule has 54 valence electrons. The van der Waals surface area contributed by atoms with Gasteiger partial charge in [-0.2, -0.15) is 4.89 Å². The van der Waals surface area contributed by atoms with Crippen molar-refractivity contribution in [2.24, 2.45) is 0 Å². The third-order valence-corrected chi connectivity index (χ3v) is 0.204. The van der Waals surface area contributed by atoms with Crippen molar-refractivity contribution in [3.8, 4) is 0 Å². The van der Waals surface area contributed by atoms with Crippen LogP contribution in [-0.4, -0.2) is 12.5 Å². The summed E-state index contributed by atoms with van der Waals surface area (Å²) in [5.41, 5.74) is 0.